The minimum atomic E-state index is -3.52. The maximum atomic E-state index is 10.7. The molecule has 5 nitrogen and oxygen atoms in total. The van der Waals surface area contributed by atoms with Gasteiger partial charge in [-0.3, -0.25) is 4.68 Å². The summed E-state index contributed by atoms with van der Waals surface area (Å²) in [7, 11) is 3.15. The second-order valence-corrected chi connectivity index (χ2v) is 5.52. The van der Waals surface area contributed by atoms with Crippen molar-refractivity contribution in [1.82, 2.24) is 9.78 Å². The van der Waals surface area contributed by atoms with Crippen LogP contribution in [-0.4, -0.2) is 31.9 Å². The Kier molecular flexibility index (Phi) is 3.91. The summed E-state index contributed by atoms with van der Waals surface area (Å²) in [6.07, 6.45) is 1.69. The van der Waals surface area contributed by atoms with E-state index in [9.17, 15) is 8.42 Å². The van der Waals surface area contributed by atoms with Crippen LogP contribution in [0.15, 0.2) is 12.3 Å². The Morgan fingerprint density at radius 3 is 2.93 bits per heavy atom. The van der Waals surface area contributed by atoms with Crippen molar-refractivity contribution >= 4 is 19.7 Å². The van der Waals surface area contributed by atoms with Gasteiger partial charge in [-0.2, -0.15) is 5.10 Å². The lowest BCUT2D eigenvalue weighted by Gasteiger charge is -1.98. The van der Waals surface area contributed by atoms with Crippen LogP contribution < -0.4 is 0 Å². The summed E-state index contributed by atoms with van der Waals surface area (Å²) < 4.78 is 27.9. The molecule has 80 valence electrons. The molecule has 0 aliphatic rings. The fraction of sp³-hybridized carbons (Fsp3) is 0.571. The molecule has 0 saturated carbocycles. The van der Waals surface area contributed by atoms with E-state index in [1.807, 2.05) is 0 Å². The molecule has 1 heterocycles. The molecule has 0 radical (unpaired) electrons. The molecule has 0 aliphatic heterocycles. The van der Waals surface area contributed by atoms with Gasteiger partial charge in [0.05, 0.1) is 18.8 Å². The molecule has 0 unspecified atom stereocenters. The molecule has 0 saturated heterocycles. The third-order valence-electron chi connectivity index (χ3n) is 1.54. The summed E-state index contributed by atoms with van der Waals surface area (Å²) in [6.45, 7) is 1.13. The van der Waals surface area contributed by atoms with Crippen LogP contribution in [0.2, 0.25) is 0 Å². The zero-order chi connectivity index (χ0) is 10.6. The van der Waals surface area contributed by atoms with Crippen LogP contribution in [-0.2, 0) is 26.1 Å². The summed E-state index contributed by atoms with van der Waals surface area (Å²) in [6, 6.07) is 1.62. The van der Waals surface area contributed by atoms with Gasteiger partial charge in [0.2, 0.25) is 9.05 Å². The van der Waals surface area contributed by atoms with Gasteiger partial charge < -0.3 is 4.74 Å². The van der Waals surface area contributed by atoms with Gasteiger partial charge in [0.1, 0.15) is 5.75 Å². The quantitative estimate of drug-likeness (QED) is 0.705. The van der Waals surface area contributed by atoms with Crippen molar-refractivity contribution in [2.75, 3.05) is 13.7 Å². The van der Waals surface area contributed by atoms with Gasteiger partial charge in [0.15, 0.2) is 0 Å². The second kappa shape index (κ2) is 4.77. The van der Waals surface area contributed by atoms with Crippen molar-refractivity contribution in [2.24, 2.45) is 0 Å². The Bertz CT molecular complexity index is 387. The zero-order valence-corrected chi connectivity index (χ0v) is 9.25. The molecule has 0 bridgehead atoms. The summed E-state index contributed by atoms with van der Waals surface area (Å²) in [5.74, 6) is -0.242. The van der Waals surface area contributed by atoms with Gasteiger partial charge in [0, 0.05) is 24.0 Å². The number of rotatable bonds is 5. The highest BCUT2D eigenvalue weighted by atomic mass is 35.7. The van der Waals surface area contributed by atoms with E-state index in [0.717, 1.165) is 0 Å². The number of halogens is 1. The van der Waals surface area contributed by atoms with E-state index in [1.165, 1.54) is 0 Å². The molecule has 0 aromatic carbocycles. The maximum absolute atomic E-state index is 10.7. The van der Waals surface area contributed by atoms with E-state index in [2.05, 4.69) is 5.10 Å². The van der Waals surface area contributed by atoms with E-state index < -0.39 is 9.05 Å². The number of methoxy groups -OCH3 is 1. The summed E-state index contributed by atoms with van der Waals surface area (Å²) in [5.41, 5.74) is 0.441. The number of hydrogen-bond donors (Lipinski definition) is 0. The lowest BCUT2D eigenvalue weighted by Crippen LogP contribution is -2.05. The maximum Gasteiger partial charge on any atom is 0.238 e. The Balaban J connectivity index is 2.59. The van der Waals surface area contributed by atoms with Crippen molar-refractivity contribution in [3.8, 4) is 0 Å². The standard InChI is InChI=1S/C7H11ClN2O3S/c1-13-5-4-10-3-2-7(9-10)6-14(8,11)12/h2-3H,4-6H2,1H3. The normalized spacial score (nSPS) is 11.9. The van der Waals surface area contributed by atoms with Crippen LogP contribution in [0.5, 0.6) is 0 Å². The minimum absolute atomic E-state index is 0.242. The van der Waals surface area contributed by atoms with Gasteiger partial charge in [0.25, 0.3) is 0 Å². The minimum Gasteiger partial charge on any atom is -0.383 e. The van der Waals surface area contributed by atoms with Crippen LogP contribution in [0.1, 0.15) is 5.69 Å². The first-order valence-electron chi connectivity index (χ1n) is 3.95. The van der Waals surface area contributed by atoms with Crippen molar-refractivity contribution < 1.29 is 13.2 Å². The third-order valence-corrected chi connectivity index (χ3v) is 2.51. The van der Waals surface area contributed by atoms with Crippen LogP contribution in [0.25, 0.3) is 0 Å². The number of ether oxygens (including phenoxy) is 1. The zero-order valence-electron chi connectivity index (χ0n) is 7.68. The molecule has 1 rings (SSSR count). The molecule has 0 spiro atoms. The van der Waals surface area contributed by atoms with Crippen molar-refractivity contribution in [2.45, 2.75) is 12.3 Å². The highest BCUT2D eigenvalue weighted by molar-refractivity contribution is 8.13. The third kappa shape index (κ3) is 4.08. The topological polar surface area (TPSA) is 61.2 Å². The lowest BCUT2D eigenvalue weighted by atomic mass is 10.5. The number of nitrogens with zero attached hydrogens (tertiary/aromatic N) is 2. The van der Waals surface area contributed by atoms with Gasteiger partial charge in [-0.1, -0.05) is 0 Å². The summed E-state index contributed by atoms with van der Waals surface area (Å²) in [4.78, 5) is 0. The Hall–Kier alpha value is -0.590. The molecule has 0 atom stereocenters. The molecule has 0 amide bonds. The Morgan fingerprint density at radius 2 is 2.36 bits per heavy atom. The van der Waals surface area contributed by atoms with Gasteiger partial charge in [-0.15, -0.1) is 0 Å². The van der Waals surface area contributed by atoms with Gasteiger partial charge >= 0.3 is 0 Å². The number of hydrogen-bond acceptors (Lipinski definition) is 4. The van der Waals surface area contributed by atoms with Gasteiger partial charge in [-0.25, -0.2) is 8.42 Å². The summed E-state index contributed by atoms with van der Waals surface area (Å²) in [5, 5.41) is 4.01. The average molecular weight is 239 g/mol. The van der Waals surface area contributed by atoms with E-state index >= 15 is 0 Å². The second-order valence-electron chi connectivity index (χ2n) is 2.75. The van der Waals surface area contributed by atoms with Crippen molar-refractivity contribution in [3.05, 3.63) is 18.0 Å². The van der Waals surface area contributed by atoms with Crippen molar-refractivity contribution in [3.63, 3.8) is 0 Å². The monoisotopic (exact) mass is 238 g/mol. The van der Waals surface area contributed by atoms with Gasteiger partial charge in [-0.05, 0) is 6.07 Å². The molecular weight excluding hydrogens is 228 g/mol. The largest absolute Gasteiger partial charge is 0.383 e. The van der Waals surface area contributed by atoms with E-state index in [-0.39, 0.29) is 5.75 Å². The summed E-state index contributed by atoms with van der Waals surface area (Å²) >= 11 is 0. The molecule has 0 N–H and O–H groups in total. The van der Waals surface area contributed by atoms with Crippen LogP contribution in [0, 0.1) is 0 Å². The first kappa shape index (κ1) is 11.5. The molecular formula is C7H11ClN2O3S. The molecule has 7 heteroatoms. The van der Waals surface area contributed by atoms with E-state index in [1.54, 1.807) is 24.1 Å². The lowest BCUT2D eigenvalue weighted by molar-refractivity contribution is 0.183. The molecule has 1 aromatic rings. The molecule has 0 fully saturated rings. The Labute approximate surface area is 87.0 Å². The van der Waals surface area contributed by atoms with Crippen LogP contribution in [0.3, 0.4) is 0 Å². The highest BCUT2D eigenvalue weighted by Crippen LogP contribution is 2.06. The van der Waals surface area contributed by atoms with Crippen LogP contribution in [0.4, 0.5) is 0 Å². The average Bonchev–Trinajstić information content (AvgIpc) is 2.46. The SMILES string of the molecule is COCCn1ccc(CS(=O)(=O)Cl)n1. The predicted octanol–water partition coefficient (Wildman–Crippen LogP) is 0.598. The first-order chi connectivity index (χ1) is 6.51. The van der Waals surface area contributed by atoms with Crippen molar-refractivity contribution in [1.29, 1.82) is 0 Å². The highest BCUT2D eigenvalue weighted by Gasteiger charge is 2.09. The Morgan fingerprint density at radius 1 is 1.64 bits per heavy atom. The molecule has 1 aromatic heterocycles. The molecule has 14 heavy (non-hydrogen) atoms. The smallest absolute Gasteiger partial charge is 0.238 e. The van der Waals surface area contributed by atoms with Crippen LogP contribution >= 0.6 is 10.7 Å². The first-order valence-corrected chi connectivity index (χ1v) is 6.43. The van der Waals surface area contributed by atoms with E-state index in [4.69, 9.17) is 15.4 Å². The molecule has 0 aliphatic carbocycles. The predicted molar refractivity (Wildman–Crippen MR) is 52.6 cm³/mol. The fourth-order valence-corrected chi connectivity index (χ4v) is 1.81. The fourth-order valence-electron chi connectivity index (χ4n) is 0.967. The van der Waals surface area contributed by atoms with E-state index in [0.29, 0.717) is 18.8 Å². The number of aromatic nitrogens is 2.